The van der Waals surface area contributed by atoms with Crippen molar-refractivity contribution in [2.75, 3.05) is 18.8 Å². The first kappa shape index (κ1) is 16.2. The van der Waals surface area contributed by atoms with Gasteiger partial charge in [-0.2, -0.15) is 0 Å². The van der Waals surface area contributed by atoms with Crippen LogP contribution >= 0.6 is 11.6 Å². The van der Waals surface area contributed by atoms with E-state index in [9.17, 15) is 0 Å². The number of nitrogens with two attached hydrogens (primary N) is 1. The van der Waals surface area contributed by atoms with Crippen molar-refractivity contribution in [2.24, 2.45) is 5.92 Å². The lowest BCUT2D eigenvalue weighted by Crippen LogP contribution is -2.29. The molecule has 3 N–H and O–H groups in total. The van der Waals surface area contributed by atoms with E-state index in [0.717, 1.165) is 43.5 Å². The van der Waals surface area contributed by atoms with Gasteiger partial charge in [0.05, 0.1) is 0 Å². The Morgan fingerprint density at radius 3 is 2.92 bits per heavy atom. The van der Waals surface area contributed by atoms with Crippen LogP contribution in [-0.2, 0) is 6.54 Å². The van der Waals surface area contributed by atoms with E-state index < -0.39 is 0 Å². The summed E-state index contributed by atoms with van der Waals surface area (Å²) in [5, 5.41) is 4.77. The molecule has 7 heteroatoms. The van der Waals surface area contributed by atoms with Gasteiger partial charge in [0.25, 0.3) is 0 Å². The monoisotopic (exact) mass is 357 g/mol. The Bertz CT molecular complexity index is 888. The first-order chi connectivity index (χ1) is 12.2. The van der Waals surface area contributed by atoms with Gasteiger partial charge in [-0.05, 0) is 50.0 Å². The topological polar surface area (TPSA) is 78.0 Å². The summed E-state index contributed by atoms with van der Waals surface area (Å²) < 4.78 is 8.17. The molecule has 0 atom stereocenters. The minimum absolute atomic E-state index is 0.422. The van der Waals surface area contributed by atoms with E-state index in [1.807, 2.05) is 24.4 Å². The number of rotatable bonds is 4. The summed E-state index contributed by atoms with van der Waals surface area (Å²) in [5.41, 5.74) is 6.91. The van der Waals surface area contributed by atoms with E-state index >= 15 is 0 Å². The van der Waals surface area contributed by atoms with Crippen LogP contribution in [0.2, 0.25) is 5.02 Å². The van der Waals surface area contributed by atoms with Crippen LogP contribution in [0.25, 0.3) is 11.0 Å². The third-order valence-corrected chi connectivity index (χ3v) is 4.82. The van der Waals surface area contributed by atoms with Crippen molar-refractivity contribution in [1.29, 1.82) is 0 Å². The van der Waals surface area contributed by atoms with Crippen LogP contribution in [0.15, 0.2) is 36.8 Å². The van der Waals surface area contributed by atoms with E-state index in [1.165, 1.54) is 6.33 Å². The molecule has 1 aliphatic heterocycles. The van der Waals surface area contributed by atoms with Crippen LogP contribution in [0.3, 0.4) is 0 Å². The first-order valence-corrected chi connectivity index (χ1v) is 8.82. The van der Waals surface area contributed by atoms with E-state index in [4.69, 9.17) is 22.1 Å². The molecule has 1 aliphatic rings. The van der Waals surface area contributed by atoms with Crippen LogP contribution in [0, 0.1) is 5.92 Å². The number of piperidine rings is 1. The van der Waals surface area contributed by atoms with Crippen LogP contribution in [-0.4, -0.2) is 27.6 Å². The SMILES string of the molecule is Nc1ncnc2c1c(Oc1cccc(Cl)c1)cn2CC1CCNCC1. The highest BCUT2D eigenvalue weighted by Gasteiger charge is 2.19. The van der Waals surface area contributed by atoms with Gasteiger partial charge in [-0.3, -0.25) is 0 Å². The molecule has 6 nitrogen and oxygen atoms in total. The molecule has 1 fully saturated rings. The summed E-state index contributed by atoms with van der Waals surface area (Å²) in [6.07, 6.45) is 5.79. The van der Waals surface area contributed by atoms with Crippen molar-refractivity contribution >= 4 is 28.5 Å². The molecular formula is C18H20ClN5O. The van der Waals surface area contributed by atoms with Crippen molar-refractivity contribution in [3.8, 4) is 11.5 Å². The fourth-order valence-electron chi connectivity index (χ4n) is 3.33. The zero-order valence-electron chi connectivity index (χ0n) is 13.8. The number of nitrogens with zero attached hydrogens (tertiary/aromatic N) is 3. The molecule has 1 saturated heterocycles. The summed E-state index contributed by atoms with van der Waals surface area (Å²) in [6, 6.07) is 7.30. The predicted molar refractivity (Wildman–Crippen MR) is 99.1 cm³/mol. The molecule has 0 saturated carbocycles. The standard InChI is InChI=1S/C18H20ClN5O/c19-13-2-1-3-14(8-13)25-15-10-24(9-12-4-6-21-7-5-12)18-16(15)17(20)22-11-23-18/h1-3,8,10-12,21H,4-7,9H2,(H2,20,22,23). The van der Waals surface area contributed by atoms with Crippen molar-refractivity contribution in [1.82, 2.24) is 19.9 Å². The Morgan fingerprint density at radius 1 is 1.28 bits per heavy atom. The second-order valence-corrected chi connectivity index (χ2v) is 6.79. The number of hydrogen-bond acceptors (Lipinski definition) is 5. The van der Waals surface area contributed by atoms with Crippen molar-refractivity contribution in [2.45, 2.75) is 19.4 Å². The van der Waals surface area contributed by atoms with Gasteiger partial charge >= 0.3 is 0 Å². The van der Waals surface area contributed by atoms with Gasteiger partial charge in [0.1, 0.15) is 28.9 Å². The number of nitrogens with one attached hydrogen (secondary N) is 1. The van der Waals surface area contributed by atoms with Gasteiger partial charge in [0.15, 0.2) is 5.75 Å². The highest BCUT2D eigenvalue weighted by Crippen LogP contribution is 2.35. The molecule has 3 aromatic rings. The Labute approximate surface area is 151 Å². The number of fused-ring (bicyclic) bond motifs is 1. The van der Waals surface area contributed by atoms with Gasteiger partial charge in [0, 0.05) is 17.8 Å². The number of ether oxygens (including phenoxy) is 1. The average Bonchev–Trinajstić information content (AvgIpc) is 2.95. The van der Waals surface area contributed by atoms with E-state index in [-0.39, 0.29) is 0 Å². The number of anilines is 1. The first-order valence-electron chi connectivity index (χ1n) is 8.44. The predicted octanol–water partition coefficient (Wildman–Crippen LogP) is 3.46. The highest BCUT2D eigenvalue weighted by molar-refractivity contribution is 6.30. The fraction of sp³-hybridized carbons (Fsp3) is 0.333. The Morgan fingerprint density at radius 2 is 2.12 bits per heavy atom. The average molecular weight is 358 g/mol. The number of halogens is 1. The minimum atomic E-state index is 0.422. The molecule has 0 aliphatic carbocycles. The minimum Gasteiger partial charge on any atom is -0.455 e. The third kappa shape index (κ3) is 3.41. The summed E-state index contributed by atoms with van der Waals surface area (Å²) >= 11 is 6.05. The second kappa shape index (κ2) is 6.90. The van der Waals surface area contributed by atoms with E-state index in [2.05, 4.69) is 19.9 Å². The third-order valence-electron chi connectivity index (χ3n) is 4.59. The molecule has 3 heterocycles. The number of nitrogen functional groups attached to an aromatic ring is 1. The van der Waals surface area contributed by atoms with Gasteiger partial charge in [-0.1, -0.05) is 17.7 Å². The maximum Gasteiger partial charge on any atom is 0.158 e. The molecule has 2 aromatic heterocycles. The normalized spacial score (nSPS) is 15.6. The van der Waals surface area contributed by atoms with Crippen molar-refractivity contribution < 1.29 is 4.74 Å². The summed E-state index contributed by atoms with van der Waals surface area (Å²) in [4.78, 5) is 8.56. The maximum absolute atomic E-state index is 6.11. The van der Waals surface area contributed by atoms with Crippen LogP contribution in [0.5, 0.6) is 11.5 Å². The van der Waals surface area contributed by atoms with Crippen LogP contribution < -0.4 is 15.8 Å². The molecule has 0 spiro atoms. The molecule has 130 valence electrons. The molecule has 4 rings (SSSR count). The highest BCUT2D eigenvalue weighted by atomic mass is 35.5. The summed E-state index contributed by atoms with van der Waals surface area (Å²) in [5.74, 6) is 2.36. The lowest BCUT2D eigenvalue weighted by Gasteiger charge is -2.23. The largest absolute Gasteiger partial charge is 0.455 e. The van der Waals surface area contributed by atoms with Gasteiger partial charge in [-0.15, -0.1) is 0 Å². The molecule has 25 heavy (non-hydrogen) atoms. The van der Waals surface area contributed by atoms with Crippen molar-refractivity contribution in [3.63, 3.8) is 0 Å². The zero-order valence-corrected chi connectivity index (χ0v) is 14.5. The van der Waals surface area contributed by atoms with Crippen molar-refractivity contribution in [3.05, 3.63) is 41.8 Å². The molecule has 0 bridgehead atoms. The molecule has 0 unspecified atom stereocenters. The lowest BCUT2D eigenvalue weighted by atomic mass is 9.98. The summed E-state index contributed by atoms with van der Waals surface area (Å²) in [7, 11) is 0. The Balaban J connectivity index is 1.70. The molecule has 0 radical (unpaired) electrons. The fourth-order valence-corrected chi connectivity index (χ4v) is 3.51. The number of hydrogen-bond donors (Lipinski definition) is 2. The van der Waals surface area contributed by atoms with Crippen LogP contribution in [0.1, 0.15) is 12.8 Å². The van der Waals surface area contributed by atoms with Crippen LogP contribution in [0.4, 0.5) is 5.82 Å². The van der Waals surface area contributed by atoms with Gasteiger partial charge in [0.2, 0.25) is 0 Å². The van der Waals surface area contributed by atoms with Gasteiger partial charge in [-0.25, -0.2) is 9.97 Å². The lowest BCUT2D eigenvalue weighted by molar-refractivity contribution is 0.335. The number of benzene rings is 1. The quantitative estimate of drug-likeness (QED) is 0.747. The Hall–Kier alpha value is -2.31. The summed E-state index contributed by atoms with van der Waals surface area (Å²) in [6.45, 7) is 3.02. The maximum atomic E-state index is 6.11. The number of aromatic nitrogens is 3. The Kier molecular flexibility index (Phi) is 4.46. The van der Waals surface area contributed by atoms with Gasteiger partial charge < -0.3 is 20.4 Å². The molecule has 1 aromatic carbocycles. The molecular weight excluding hydrogens is 338 g/mol. The van der Waals surface area contributed by atoms with E-state index in [0.29, 0.717) is 28.3 Å². The smallest absolute Gasteiger partial charge is 0.158 e. The second-order valence-electron chi connectivity index (χ2n) is 6.36. The van der Waals surface area contributed by atoms with E-state index in [1.54, 1.807) is 6.07 Å². The zero-order chi connectivity index (χ0) is 17.2. The molecule has 0 amide bonds.